The number of pyridine rings is 1. The second kappa shape index (κ2) is 5.62. The summed E-state index contributed by atoms with van der Waals surface area (Å²) < 4.78 is 30.1. The van der Waals surface area contributed by atoms with E-state index in [1.807, 2.05) is 0 Å². The summed E-state index contributed by atoms with van der Waals surface area (Å²) in [5.41, 5.74) is 0.954. The lowest BCUT2D eigenvalue weighted by molar-refractivity contribution is 0.391. The van der Waals surface area contributed by atoms with Crippen LogP contribution in [-0.4, -0.2) is 36.2 Å². The van der Waals surface area contributed by atoms with Crippen molar-refractivity contribution in [2.75, 3.05) is 12.9 Å². The lowest BCUT2D eigenvalue weighted by Gasteiger charge is -2.23. The zero-order valence-electron chi connectivity index (χ0n) is 12.3. The molecule has 0 radical (unpaired) electrons. The maximum absolute atomic E-state index is 12.4. The van der Waals surface area contributed by atoms with Gasteiger partial charge in [0.1, 0.15) is 11.0 Å². The van der Waals surface area contributed by atoms with Crippen molar-refractivity contribution in [1.29, 1.82) is 0 Å². The van der Waals surface area contributed by atoms with Crippen LogP contribution in [0.2, 0.25) is 5.15 Å². The number of hydrogen-bond acceptors (Lipinski definition) is 6. The second-order valence-electron chi connectivity index (χ2n) is 5.37. The van der Waals surface area contributed by atoms with Gasteiger partial charge in [0.05, 0.1) is 23.5 Å². The molecule has 0 bridgehead atoms. The summed E-state index contributed by atoms with van der Waals surface area (Å²) in [6, 6.07) is 1.70. The molecule has 1 atom stereocenters. The summed E-state index contributed by atoms with van der Waals surface area (Å²) in [6.07, 6.45) is 2.13. The summed E-state index contributed by atoms with van der Waals surface area (Å²) in [5.74, 6) is 0.985. The third kappa shape index (κ3) is 2.63. The van der Waals surface area contributed by atoms with E-state index in [-0.39, 0.29) is 16.8 Å². The number of nitrogens with zero attached hydrogens (tertiary/aromatic N) is 3. The largest absolute Gasteiger partial charge is 0.481 e. The van der Waals surface area contributed by atoms with Crippen LogP contribution in [0.5, 0.6) is 5.88 Å². The first-order valence-electron chi connectivity index (χ1n) is 7.02. The maximum atomic E-state index is 12.4. The number of aryl methyl sites for hydroxylation is 1. The van der Waals surface area contributed by atoms with Crippen molar-refractivity contribution in [3.63, 3.8) is 0 Å². The first-order valence-corrected chi connectivity index (χ1v) is 9.12. The Bertz CT molecular complexity index is 839. The van der Waals surface area contributed by atoms with E-state index in [4.69, 9.17) is 16.3 Å². The Labute approximate surface area is 133 Å². The van der Waals surface area contributed by atoms with Gasteiger partial charge in [-0.2, -0.15) is 4.98 Å². The van der Waals surface area contributed by atoms with Crippen molar-refractivity contribution in [1.82, 2.24) is 15.0 Å². The minimum Gasteiger partial charge on any atom is -0.481 e. The number of halogens is 1. The molecule has 1 saturated heterocycles. The zero-order valence-corrected chi connectivity index (χ0v) is 13.9. The Morgan fingerprint density at radius 1 is 1.27 bits per heavy atom. The predicted molar refractivity (Wildman–Crippen MR) is 84.0 cm³/mol. The molecule has 2 aromatic rings. The Kier molecular flexibility index (Phi) is 3.94. The normalized spacial score (nSPS) is 21.0. The summed E-state index contributed by atoms with van der Waals surface area (Å²) in [6.45, 7) is 1.72. The summed E-state index contributed by atoms with van der Waals surface area (Å²) in [7, 11) is -1.73. The molecule has 118 valence electrons. The van der Waals surface area contributed by atoms with E-state index in [9.17, 15) is 8.42 Å². The molecule has 0 amide bonds. The van der Waals surface area contributed by atoms with Gasteiger partial charge in [0.25, 0.3) is 0 Å². The third-order valence-electron chi connectivity index (χ3n) is 3.86. The van der Waals surface area contributed by atoms with Gasteiger partial charge in [-0.1, -0.05) is 18.0 Å². The topological polar surface area (TPSA) is 82.0 Å². The molecule has 1 fully saturated rings. The molecule has 3 rings (SSSR count). The molecule has 3 heterocycles. The van der Waals surface area contributed by atoms with E-state index in [0.29, 0.717) is 35.3 Å². The van der Waals surface area contributed by atoms with Crippen LogP contribution in [0.3, 0.4) is 0 Å². The number of ether oxygens (including phenoxy) is 1. The Morgan fingerprint density at radius 2 is 2.05 bits per heavy atom. The van der Waals surface area contributed by atoms with Crippen LogP contribution < -0.4 is 4.74 Å². The van der Waals surface area contributed by atoms with Gasteiger partial charge >= 0.3 is 0 Å². The average Bonchev–Trinajstić information content (AvgIpc) is 2.45. The number of aromatic nitrogens is 3. The molecule has 2 aromatic heterocycles. The molecule has 0 N–H and O–H groups in total. The van der Waals surface area contributed by atoms with Gasteiger partial charge in [-0.05, 0) is 25.8 Å². The predicted octanol–water partition coefficient (Wildman–Crippen LogP) is 2.64. The number of sulfone groups is 1. The van der Waals surface area contributed by atoms with Crippen molar-refractivity contribution >= 4 is 32.5 Å². The molecule has 6 nitrogen and oxygen atoms in total. The van der Waals surface area contributed by atoms with E-state index in [0.717, 1.165) is 6.42 Å². The van der Waals surface area contributed by atoms with E-state index >= 15 is 0 Å². The van der Waals surface area contributed by atoms with Crippen molar-refractivity contribution in [3.8, 4) is 5.88 Å². The molecule has 1 aliphatic rings. The van der Waals surface area contributed by atoms with Crippen LogP contribution in [0.15, 0.2) is 6.07 Å². The van der Waals surface area contributed by atoms with E-state index in [2.05, 4.69) is 15.0 Å². The molecule has 0 spiro atoms. The first kappa shape index (κ1) is 15.4. The van der Waals surface area contributed by atoms with Crippen LogP contribution in [-0.2, 0) is 9.84 Å². The van der Waals surface area contributed by atoms with Crippen LogP contribution in [0.1, 0.15) is 35.9 Å². The lowest BCUT2D eigenvalue weighted by atomic mass is 10.1. The Hall–Kier alpha value is -1.47. The highest BCUT2D eigenvalue weighted by Crippen LogP contribution is 2.39. The minimum absolute atomic E-state index is 0.191. The number of methoxy groups -OCH3 is 1. The zero-order chi connectivity index (χ0) is 15.9. The fourth-order valence-corrected chi connectivity index (χ4v) is 5.05. The summed E-state index contributed by atoms with van der Waals surface area (Å²) in [4.78, 5) is 12.7. The average molecular weight is 342 g/mol. The van der Waals surface area contributed by atoms with Gasteiger partial charge in [0.15, 0.2) is 15.5 Å². The van der Waals surface area contributed by atoms with Crippen molar-refractivity contribution < 1.29 is 13.2 Å². The highest BCUT2D eigenvalue weighted by atomic mass is 35.5. The maximum Gasteiger partial charge on any atom is 0.219 e. The highest BCUT2D eigenvalue weighted by molar-refractivity contribution is 7.91. The van der Waals surface area contributed by atoms with E-state index < -0.39 is 15.1 Å². The molecule has 8 heteroatoms. The van der Waals surface area contributed by atoms with E-state index in [1.54, 1.807) is 13.0 Å². The van der Waals surface area contributed by atoms with E-state index in [1.165, 1.54) is 7.11 Å². The van der Waals surface area contributed by atoms with Crippen LogP contribution in [0, 0.1) is 6.92 Å². The first-order chi connectivity index (χ1) is 10.4. The Balaban J connectivity index is 2.24. The molecule has 1 aliphatic heterocycles. The molecule has 0 aliphatic carbocycles. The van der Waals surface area contributed by atoms with Gasteiger partial charge in [0, 0.05) is 5.56 Å². The highest BCUT2D eigenvalue weighted by Gasteiger charge is 2.33. The number of rotatable bonds is 2. The number of hydrogen-bond donors (Lipinski definition) is 0. The van der Waals surface area contributed by atoms with Crippen LogP contribution >= 0.6 is 11.6 Å². The number of fused-ring (bicyclic) bond motifs is 1. The monoisotopic (exact) mass is 341 g/mol. The van der Waals surface area contributed by atoms with Crippen molar-refractivity contribution in [2.45, 2.75) is 31.4 Å². The van der Waals surface area contributed by atoms with Gasteiger partial charge in [-0.3, -0.25) is 0 Å². The summed E-state index contributed by atoms with van der Waals surface area (Å²) >= 11 is 6.16. The van der Waals surface area contributed by atoms with Gasteiger partial charge in [-0.25, -0.2) is 18.4 Å². The molecule has 0 saturated carbocycles. The van der Waals surface area contributed by atoms with Crippen molar-refractivity contribution in [3.05, 3.63) is 22.6 Å². The smallest absolute Gasteiger partial charge is 0.219 e. The fraction of sp³-hybridized carbons (Fsp3) is 0.500. The van der Waals surface area contributed by atoms with Gasteiger partial charge in [0.2, 0.25) is 5.88 Å². The standard InChI is InChI=1S/C14H16ClN3O3S/c1-8-16-12(15)10-7-9(14(21-2)18-13(10)17-8)11-5-3-4-6-22(11,19)20/h7,11H,3-6H2,1-2H3. The second-order valence-corrected chi connectivity index (χ2v) is 8.03. The Morgan fingerprint density at radius 3 is 2.73 bits per heavy atom. The summed E-state index contributed by atoms with van der Waals surface area (Å²) in [5, 5.41) is 0.210. The van der Waals surface area contributed by atoms with Crippen molar-refractivity contribution in [2.24, 2.45) is 0 Å². The van der Waals surface area contributed by atoms with Crippen LogP contribution in [0.25, 0.3) is 11.0 Å². The molecular formula is C14H16ClN3O3S. The minimum atomic E-state index is -3.20. The molecular weight excluding hydrogens is 326 g/mol. The third-order valence-corrected chi connectivity index (χ3v) is 6.37. The molecule has 1 unspecified atom stereocenters. The van der Waals surface area contributed by atoms with Gasteiger partial charge < -0.3 is 4.74 Å². The molecule has 0 aromatic carbocycles. The molecule has 22 heavy (non-hydrogen) atoms. The SMILES string of the molecule is COc1nc2nc(C)nc(Cl)c2cc1C1CCCCS1(=O)=O. The lowest BCUT2D eigenvalue weighted by Crippen LogP contribution is -2.22. The van der Waals surface area contributed by atoms with Gasteiger partial charge in [-0.15, -0.1) is 0 Å². The fourth-order valence-electron chi connectivity index (χ4n) is 2.82. The van der Waals surface area contributed by atoms with Crippen LogP contribution in [0.4, 0.5) is 0 Å². The quantitative estimate of drug-likeness (QED) is 0.781.